The topological polar surface area (TPSA) is 49.9 Å². The van der Waals surface area contributed by atoms with E-state index < -0.39 is 6.67 Å². The van der Waals surface area contributed by atoms with E-state index >= 15 is 0 Å². The van der Waals surface area contributed by atoms with Gasteiger partial charge in [0.25, 0.3) is 0 Å². The van der Waals surface area contributed by atoms with E-state index in [1.807, 2.05) is 4.90 Å². The summed E-state index contributed by atoms with van der Waals surface area (Å²) in [4.78, 5) is 27.1. The average molecular weight is 312 g/mol. The van der Waals surface area contributed by atoms with Gasteiger partial charge in [-0.3, -0.25) is 14.0 Å². The summed E-state index contributed by atoms with van der Waals surface area (Å²) in [6.45, 7) is 2.96. The van der Waals surface area contributed by atoms with Crippen molar-refractivity contribution in [3.05, 3.63) is 0 Å². The minimum atomic E-state index is -0.588. The third-order valence-electron chi connectivity index (χ3n) is 5.15. The first-order chi connectivity index (χ1) is 10.6. The van der Waals surface area contributed by atoms with Crippen molar-refractivity contribution >= 4 is 11.8 Å². The molecule has 124 valence electrons. The van der Waals surface area contributed by atoms with Crippen LogP contribution in [-0.4, -0.2) is 66.7 Å². The smallest absolute Gasteiger partial charge is 0.225 e. The molecule has 0 aromatic heterocycles. The van der Waals surface area contributed by atoms with Crippen molar-refractivity contribution in [2.24, 2.45) is 5.92 Å². The van der Waals surface area contributed by atoms with Crippen molar-refractivity contribution in [2.75, 3.05) is 39.5 Å². The molecule has 3 saturated heterocycles. The average Bonchev–Trinajstić information content (AvgIpc) is 2.48. The van der Waals surface area contributed by atoms with Crippen LogP contribution in [0, 0.1) is 5.92 Å². The number of halogens is 1. The second kappa shape index (κ2) is 6.52. The summed E-state index contributed by atoms with van der Waals surface area (Å²) in [5, 5.41) is 0. The molecule has 0 N–H and O–H groups in total. The Kier molecular flexibility index (Phi) is 4.66. The maximum atomic E-state index is 12.2. The van der Waals surface area contributed by atoms with Crippen molar-refractivity contribution in [1.82, 2.24) is 9.80 Å². The normalized spacial score (nSPS) is 27.9. The van der Waals surface area contributed by atoms with Crippen molar-refractivity contribution in [2.45, 2.75) is 44.1 Å². The van der Waals surface area contributed by atoms with Gasteiger partial charge < -0.3 is 14.5 Å². The van der Waals surface area contributed by atoms with Gasteiger partial charge in [-0.05, 0) is 25.7 Å². The maximum Gasteiger partial charge on any atom is 0.225 e. The van der Waals surface area contributed by atoms with Crippen molar-refractivity contribution in [3.8, 4) is 0 Å². The highest BCUT2D eigenvalue weighted by molar-refractivity contribution is 5.77. The number of ether oxygens (including phenoxy) is 1. The molecule has 0 aliphatic carbocycles. The van der Waals surface area contributed by atoms with Crippen molar-refractivity contribution in [3.63, 3.8) is 0 Å². The number of piperidine rings is 1. The Balaban J connectivity index is 1.42. The molecule has 3 fully saturated rings. The Morgan fingerprint density at radius 1 is 1.36 bits per heavy atom. The van der Waals surface area contributed by atoms with Gasteiger partial charge in [-0.25, -0.2) is 0 Å². The molecule has 0 aromatic carbocycles. The summed E-state index contributed by atoms with van der Waals surface area (Å²) in [5.74, 6) is 0.569. The van der Waals surface area contributed by atoms with Crippen LogP contribution < -0.4 is 0 Å². The number of alkyl halides is 1. The number of carbonyl (C=O) groups is 2. The highest BCUT2D eigenvalue weighted by Gasteiger charge is 2.48. The zero-order valence-corrected chi connectivity index (χ0v) is 13.1. The molecular weight excluding hydrogens is 287 g/mol. The Hall–Kier alpha value is -1.17. The molecule has 0 unspecified atom stereocenters. The lowest BCUT2D eigenvalue weighted by molar-refractivity contribution is -0.190. The molecule has 0 aromatic rings. The van der Waals surface area contributed by atoms with Crippen LogP contribution in [0.1, 0.15) is 38.5 Å². The van der Waals surface area contributed by atoms with E-state index in [2.05, 4.69) is 0 Å². The number of hydrogen-bond donors (Lipinski definition) is 0. The monoisotopic (exact) mass is 312 g/mol. The van der Waals surface area contributed by atoms with Gasteiger partial charge in [0.15, 0.2) is 0 Å². The fourth-order valence-corrected chi connectivity index (χ4v) is 3.74. The number of carbonyl (C=O) groups excluding carboxylic acids is 2. The first kappa shape index (κ1) is 15.7. The van der Waals surface area contributed by atoms with Gasteiger partial charge in [-0.15, -0.1) is 0 Å². The first-order valence-electron chi connectivity index (χ1n) is 8.37. The summed E-state index contributed by atoms with van der Waals surface area (Å²) < 4.78 is 18.2. The molecule has 5 nitrogen and oxygen atoms in total. The third kappa shape index (κ3) is 3.26. The molecule has 0 bridgehead atoms. The fourth-order valence-electron chi connectivity index (χ4n) is 3.74. The zero-order valence-electron chi connectivity index (χ0n) is 13.1. The molecule has 3 heterocycles. The minimum absolute atomic E-state index is 0.0181. The van der Waals surface area contributed by atoms with Gasteiger partial charge in [0, 0.05) is 25.4 Å². The van der Waals surface area contributed by atoms with Crippen molar-refractivity contribution in [1.29, 1.82) is 0 Å². The van der Waals surface area contributed by atoms with E-state index in [0.717, 1.165) is 38.8 Å². The van der Waals surface area contributed by atoms with E-state index in [-0.39, 0.29) is 23.8 Å². The number of hydrogen-bond acceptors (Lipinski definition) is 3. The van der Waals surface area contributed by atoms with Gasteiger partial charge >= 0.3 is 0 Å². The summed E-state index contributed by atoms with van der Waals surface area (Å²) in [6, 6.07) is 0. The molecule has 2 amide bonds. The molecule has 0 radical (unpaired) electrons. The Morgan fingerprint density at radius 2 is 2.18 bits per heavy atom. The van der Waals surface area contributed by atoms with Gasteiger partial charge in [-0.1, -0.05) is 0 Å². The number of nitrogens with zero attached hydrogens (tertiary/aromatic N) is 2. The van der Waals surface area contributed by atoms with Crippen LogP contribution in [0.4, 0.5) is 4.39 Å². The SMILES string of the molecule is O=C1CCCCN1C[C@@H]1CCC2(CN(C(=O)CCF)C2)OC1. The van der Waals surface area contributed by atoms with Gasteiger partial charge in [0.2, 0.25) is 11.8 Å². The molecule has 3 rings (SSSR count). The number of amides is 2. The summed E-state index contributed by atoms with van der Waals surface area (Å²) in [5.41, 5.74) is -0.200. The Labute approximate surface area is 130 Å². The second-order valence-corrected chi connectivity index (χ2v) is 6.88. The minimum Gasteiger partial charge on any atom is -0.371 e. The summed E-state index contributed by atoms with van der Waals surface area (Å²) in [6.07, 6.45) is 4.75. The lowest BCUT2D eigenvalue weighted by atomic mass is 9.82. The van der Waals surface area contributed by atoms with E-state index in [4.69, 9.17) is 4.74 Å². The van der Waals surface area contributed by atoms with Crippen molar-refractivity contribution < 1.29 is 18.7 Å². The molecule has 0 saturated carbocycles. The third-order valence-corrected chi connectivity index (χ3v) is 5.15. The molecule has 22 heavy (non-hydrogen) atoms. The molecule has 3 aliphatic heterocycles. The molecule has 1 atom stereocenters. The fraction of sp³-hybridized carbons (Fsp3) is 0.875. The van der Waals surface area contributed by atoms with Crippen LogP contribution in [0.2, 0.25) is 0 Å². The predicted octanol–water partition coefficient (Wildman–Crippen LogP) is 1.37. The van der Waals surface area contributed by atoms with Crippen LogP contribution in [0.3, 0.4) is 0 Å². The number of rotatable bonds is 4. The van der Waals surface area contributed by atoms with E-state index in [9.17, 15) is 14.0 Å². The lowest BCUT2D eigenvalue weighted by Gasteiger charge is -2.53. The Morgan fingerprint density at radius 3 is 2.82 bits per heavy atom. The highest BCUT2D eigenvalue weighted by atomic mass is 19.1. The zero-order chi connectivity index (χ0) is 15.6. The molecular formula is C16H25FN2O3. The predicted molar refractivity (Wildman–Crippen MR) is 79.0 cm³/mol. The Bertz CT molecular complexity index is 427. The summed E-state index contributed by atoms with van der Waals surface area (Å²) in [7, 11) is 0. The van der Waals surface area contributed by atoms with Crippen LogP contribution in [0.15, 0.2) is 0 Å². The van der Waals surface area contributed by atoms with Crippen LogP contribution in [-0.2, 0) is 14.3 Å². The lowest BCUT2D eigenvalue weighted by Crippen LogP contribution is -2.66. The standard InChI is InChI=1S/C16H25FN2O3/c17-7-5-15(21)19-11-16(12-19)6-4-13(10-22-16)9-18-8-2-1-3-14(18)20/h13H,1-12H2/t13-/m0/s1. The van der Waals surface area contributed by atoms with Crippen LogP contribution in [0.5, 0.6) is 0 Å². The van der Waals surface area contributed by atoms with E-state index in [1.54, 1.807) is 4.90 Å². The van der Waals surface area contributed by atoms with Gasteiger partial charge in [-0.2, -0.15) is 0 Å². The molecule has 3 aliphatic rings. The first-order valence-corrected chi connectivity index (χ1v) is 8.37. The highest BCUT2D eigenvalue weighted by Crippen LogP contribution is 2.36. The quantitative estimate of drug-likeness (QED) is 0.788. The number of likely N-dealkylation sites (tertiary alicyclic amines) is 2. The van der Waals surface area contributed by atoms with E-state index in [1.165, 1.54) is 0 Å². The van der Waals surface area contributed by atoms with Gasteiger partial charge in [0.05, 0.1) is 32.8 Å². The molecule has 6 heteroatoms. The van der Waals surface area contributed by atoms with Crippen LogP contribution in [0.25, 0.3) is 0 Å². The largest absolute Gasteiger partial charge is 0.371 e. The van der Waals surface area contributed by atoms with Gasteiger partial charge in [0.1, 0.15) is 5.60 Å². The van der Waals surface area contributed by atoms with E-state index in [0.29, 0.717) is 32.0 Å². The second-order valence-electron chi connectivity index (χ2n) is 6.88. The van der Waals surface area contributed by atoms with Crippen LogP contribution >= 0.6 is 0 Å². The molecule has 1 spiro atoms. The summed E-state index contributed by atoms with van der Waals surface area (Å²) >= 11 is 0. The maximum absolute atomic E-state index is 12.2.